The summed E-state index contributed by atoms with van der Waals surface area (Å²) in [4.78, 5) is 11.9. The van der Waals surface area contributed by atoms with Crippen LogP contribution in [0, 0.1) is 0 Å². The Labute approximate surface area is 122 Å². The molecular weight excluding hydrogens is 285 g/mol. The molecule has 1 aliphatic carbocycles. The summed E-state index contributed by atoms with van der Waals surface area (Å²) < 4.78 is 0. The molecule has 0 fully saturated rings. The molecule has 0 radical (unpaired) electrons. The minimum Gasteiger partial charge on any atom is -0.352 e. The molecule has 1 N–H and O–H groups in total. The van der Waals surface area contributed by atoms with Crippen LogP contribution >= 0.6 is 23.2 Å². The lowest BCUT2D eigenvalue weighted by atomic mass is 9.97. The lowest BCUT2D eigenvalue weighted by molar-refractivity contribution is 0.0953. The molecule has 2 rings (SSSR count). The van der Waals surface area contributed by atoms with Crippen LogP contribution in [0.5, 0.6) is 0 Å². The Morgan fingerprint density at radius 1 is 1.32 bits per heavy atom. The molecule has 102 valence electrons. The van der Waals surface area contributed by atoms with Crippen molar-refractivity contribution in [3.8, 4) is 0 Å². The van der Waals surface area contributed by atoms with Gasteiger partial charge >= 0.3 is 0 Å². The molecule has 4 nitrogen and oxygen atoms in total. The highest BCUT2D eigenvalue weighted by Gasteiger charge is 2.13. The number of nitrogens with zero attached hydrogens (tertiary/aromatic N) is 2. The van der Waals surface area contributed by atoms with Crippen LogP contribution in [-0.2, 0) is 0 Å². The Kier molecular flexibility index (Phi) is 5.16. The van der Waals surface area contributed by atoms with Gasteiger partial charge in [0.05, 0.1) is 5.56 Å². The molecular formula is C13H15Cl2N3O. The third-order valence-electron chi connectivity index (χ3n) is 3.08. The number of nitrogens with one attached hydrogen (secondary N) is 1. The molecule has 1 aliphatic rings. The van der Waals surface area contributed by atoms with E-state index in [4.69, 9.17) is 23.2 Å². The Morgan fingerprint density at radius 3 is 2.89 bits per heavy atom. The molecule has 1 amide bonds. The molecule has 1 aromatic heterocycles. The first-order valence-electron chi connectivity index (χ1n) is 6.31. The maximum atomic E-state index is 11.9. The van der Waals surface area contributed by atoms with E-state index in [0.29, 0.717) is 6.54 Å². The average molecular weight is 300 g/mol. The minimum absolute atomic E-state index is 0.0683. The zero-order valence-corrected chi connectivity index (χ0v) is 12.0. The topological polar surface area (TPSA) is 54.9 Å². The van der Waals surface area contributed by atoms with Gasteiger partial charge in [-0.05, 0) is 38.2 Å². The second-order valence-electron chi connectivity index (χ2n) is 4.49. The number of amides is 1. The summed E-state index contributed by atoms with van der Waals surface area (Å²) in [6.07, 6.45) is 7.96. The van der Waals surface area contributed by atoms with Crippen LogP contribution in [0.25, 0.3) is 0 Å². The van der Waals surface area contributed by atoms with E-state index < -0.39 is 0 Å². The minimum atomic E-state index is -0.266. The molecule has 1 aromatic rings. The molecule has 1 heterocycles. The average Bonchev–Trinajstić information content (AvgIpc) is 2.42. The van der Waals surface area contributed by atoms with Crippen molar-refractivity contribution in [3.05, 3.63) is 33.6 Å². The van der Waals surface area contributed by atoms with Gasteiger partial charge in [0.2, 0.25) is 0 Å². The zero-order valence-electron chi connectivity index (χ0n) is 10.5. The smallest absolute Gasteiger partial charge is 0.254 e. The van der Waals surface area contributed by atoms with Crippen molar-refractivity contribution in [2.45, 2.75) is 32.1 Å². The fraction of sp³-hybridized carbons (Fsp3) is 0.462. The van der Waals surface area contributed by atoms with Crippen LogP contribution in [0.3, 0.4) is 0 Å². The summed E-state index contributed by atoms with van der Waals surface area (Å²) >= 11 is 11.5. The van der Waals surface area contributed by atoms with Gasteiger partial charge in [0, 0.05) is 6.54 Å². The molecule has 0 aliphatic heterocycles. The second-order valence-corrected chi connectivity index (χ2v) is 5.23. The lowest BCUT2D eigenvalue weighted by Crippen LogP contribution is -2.25. The Morgan fingerprint density at radius 2 is 2.16 bits per heavy atom. The SMILES string of the molecule is O=C(NCCC1=CCCCC1)c1cc(Cl)nnc1Cl. The Bertz CT molecular complexity index is 503. The summed E-state index contributed by atoms with van der Waals surface area (Å²) in [6.45, 7) is 0.598. The van der Waals surface area contributed by atoms with Crippen molar-refractivity contribution in [1.82, 2.24) is 15.5 Å². The monoisotopic (exact) mass is 299 g/mol. The second kappa shape index (κ2) is 6.87. The first-order chi connectivity index (χ1) is 9.16. The van der Waals surface area contributed by atoms with Crippen LogP contribution in [0.15, 0.2) is 17.7 Å². The van der Waals surface area contributed by atoms with Crippen LogP contribution in [0.4, 0.5) is 0 Å². The fourth-order valence-electron chi connectivity index (χ4n) is 2.08. The maximum absolute atomic E-state index is 11.9. The molecule has 0 bridgehead atoms. The van der Waals surface area contributed by atoms with Crippen LogP contribution in [0.1, 0.15) is 42.5 Å². The quantitative estimate of drug-likeness (QED) is 0.867. The molecule has 6 heteroatoms. The number of hydrogen-bond donors (Lipinski definition) is 1. The number of hydrogen-bond acceptors (Lipinski definition) is 3. The van der Waals surface area contributed by atoms with Gasteiger partial charge in [0.15, 0.2) is 10.3 Å². The first-order valence-corrected chi connectivity index (χ1v) is 7.07. The maximum Gasteiger partial charge on any atom is 0.254 e. The largest absolute Gasteiger partial charge is 0.352 e. The zero-order chi connectivity index (χ0) is 13.7. The van der Waals surface area contributed by atoms with Crippen molar-refractivity contribution in [2.75, 3.05) is 6.54 Å². The van der Waals surface area contributed by atoms with E-state index in [1.807, 2.05) is 0 Å². The third-order valence-corrected chi connectivity index (χ3v) is 3.54. The predicted molar refractivity (Wildman–Crippen MR) is 75.6 cm³/mol. The number of allylic oxidation sites excluding steroid dienone is 1. The van der Waals surface area contributed by atoms with E-state index in [2.05, 4.69) is 21.6 Å². The molecule has 0 spiro atoms. The molecule has 0 saturated heterocycles. The number of rotatable bonds is 4. The van der Waals surface area contributed by atoms with E-state index in [1.54, 1.807) is 0 Å². The summed E-state index contributed by atoms with van der Waals surface area (Å²) in [5.41, 5.74) is 1.68. The van der Waals surface area contributed by atoms with Crippen LogP contribution < -0.4 is 5.32 Å². The van der Waals surface area contributed by atoms with E-state index in [1.165, 1.54) is 24.5 Å². The molecule has 19 heavy (non-hydrogen) atoms. The molecule has 0 saturated carbocycles. The van der Waals surface area contributed by atoms with Crippen LogP contribution in [0.2, 0.25) is 10.3 Å². The van der Waals surface area contributed by atoms with Crippen LogP contribution in [-0.4, -0.2) is 22.6 Å². The summed E-state index contributed by atoms with van der Waals surface area (Å²) in [5, 5.41) is 10.2. The molecule has 0 atom stereocenters. The fourth-order valence-corrected chi connectivity index (χ4v) is 2.40. The van der Waals surface area contributed by atoms with Gasteiger partial charge in [-0.15, -0.1) is 10.2 Å². The van der Waals surface area contributed by atoms with Crippen molar-refractivity contribution >= 4 is 29.1 Å². The van der Waals surface area contributed by atoms with Crippen molar-refractivity contribution in [3.63, 3.8) is 0 Å². The van der Waals surface area contributed by atoms with Gasteiger partial charge in [0.25, 0.3) is 5.91 Å². The Hall–Kier alpha value is -1.13. The van der Waals surface area contributed by atoms with E-state index in [9.17, 15) is 4.79 Å². The highest BCUT2D eigenvalue weighted by molar-refractivity contribution is 6.34. The summed E-state index contributed by atoms with van der Waals surface area (Å²) in [6, 6.07) is 1.42. The van der Waals surface area contributed by atoms with Crippen molar-refractivity contribution in [1.29, 1.82) is 0 Å². The van der Waals surface area contributed by atoms with E-state index in [0.717, 1.165) is 19.3 Å². The first kappa shape index (κ1) is 14.3. The number of carbonyl (C=O) groups excluding carboxylic acids is 1. The van der Waals surface area contributed by atoms with Gasteiger partial charge in [-0.3, -0.25) is 4.79 Å². The van der Waals surface area contributed by atoms with Gasteiger partial charge in [0.1, 0.15) is 0 Å². The van der Waals surface area contributed by atoms with E-state index >= 15 is 0 Å². The van der Waals surface area contributed by atoms with Crippen molar-refractivity contribution in [2.24, 2.45) is 0 Å². The molecule has 0 unspecified atom stereocenters. The number of carbonyl (C=O) groups is 1. The van der Waals surface area contributed by atoms with Crippen molar-refractivity contribution < 1.29 is 4.79 Å². The normalized spacial score (nSPS) is 14.9. The van der Waals surface area contributed by atoms with Gasteiger partial charge in [-0.1, -0.05) is 34.9 Å². The third kappa shape index (κ3) is 4.18. The number of aromatic nitrogens is 2. The number of halogens is 2. The standard InChI is InChI=1S/C13H15Cl2N3O/c14-11-8-10(12(15)18-17-11)13(19)16-7-6-9-4-2-1-3-5-9/h4,8H,1-3,5-7H2,(H,16,19). The van der Waals surface area contributed by atoms with Gasteiger partial charge < -0.3 is 5.32 Å². The predicted octanol–water partition coefficient (Wildman–Crippen LogP) is 3.40. The van der Waals surface area contributed by atoms with E-state index in [-0.39, 0.29) is 21.8 Å². The van der Waals surface area contributed by atoms with Gasteiger partial charge in [-0.2, -0.15) is 0 Å². The van der Waals surface area contributed by atoms with Gasteiger partial charge in [-0.25, -0.2) is 0 Å². The highest BCUT2D eigenvalue weighted by Crippen LogP contribution is 2.19. The highest BCUT2D eigenvalue weighted by atomic mass is 35.5. The molecule has 0 aromatic carbocycles. The Balaban J connectivity index is 1.87. The summed E-state index contributed by atoms with van der Waals surface area (Å²) in [7, 11) is 0. The lowest BCUT2D eigenvalue weighted by Gasteiger charge is -2.13. The summed E-state index contributed by atoms with van der Waals surface area (Å²) in [5.74, 6) is -0.266.